The van der Waals surface area contributed by atoms with Crippen molar-refractivity contribution in [1.82, 2.24) is 9.59 Å². The van der Waals surface area contributed by atoms with Gasteiger partial charge >= 0.3 is 5.97 Å². The van der Waals surface area contributed by atoms with Crippen molar-refractivity contribution in [2.75, 3.05) is 11.1 Å². The molecule has 0 spiro atoms. The van der Waals surface area contributed by atoms with E-state index in [1.807, 2.05) is 0 Å². The van der Waals surface area contributed by atoms with Gasteiger partial charge in [-0.2, -0.15) is 0 Å². The van der Waals surface area contributed by atoms with Crippen LogP contribution in [-0.4, -0.2) is 26.6 Å². The molecule has 92 valence electrons. The summed E-state index contributed by atoms with van der Waals surface area (Å²) < 4.78 is 3.55. The quantitative estimate of drug-likeness (QED) is 0.713. The molecule has 1 heterocycles. The lowest BCUT2D eigenvalue weighted by atomic mass is 10.1. The Hall–Kier alpha value is -2.48. The predicted molar refractivity (Wildman–Crippen MR) is 65.7 cm³/mol. The van der Waals surface area contributed by atoms with Crippen LogP contribution in [0.5, 0.6) is 0 Å². The number of carbonyl (C=O) groups is 2. The zero-order valence-corrected chi connectivity index (χ0v) is 9.77. The molecule has 0 radical (unpaired) electrons. The molecule has 4 N–H and O–H groups in total. The van der Waals surface area contributed by atoms with Gasteiger partial charge in [0.05, 0.1) is 11.3 Å². The maximum Gasteiger partial charge on any atom is 0.337 e. The van der Waals surface area contributed by atoms with Crippen LogP contribution in [0.3, 0.4) is 0 Å². The maximum atomic E-state index is 11.7. The van der Waals surface area contributed by atoms with Gasteiger partial charge in [0.15, 0.2) is 5.69 Å². The first-order valence-electron chi connectivity index (χ1n) is 4.79. The third-order valence-electron chi connectivity index (χ3n) is 2.11. The SMILES string of the molecule is Nc1ccc(NC(=O)c2csnn2)c(C(=O)O)c1. The highest BCUT2D eigenvalue weighted by Gasteiger charge is 2.15. The van der Waals surface area contributed by atoms with Gasteiger partial charge in [-0.15, -0.1) is 5.10 Å². The van der Waals surface area contributed by atoms with Crippen molar-refractivity contribution in [2.24, 2.45) is 0 Å². The minimum atomic E-state index is -1.17. The topological polar surface area (TPSA) is 118 Å². The Balaban J connectivity index is 2.29. The highest BCUT2D eigenvalue weighted by molar-refractivity contribution is 7.03. The second-order valence-corrected chi connectivity index (χ2v) is 3.96. The van der Waals surface area contributed by atoms with Crippen molar-refractivity contribution in [1.29, 1.82) is 0 Å². The zero-order valence-electron chi connectivity index (χ0n) is 8.95. The number of carbonyl (C=O) groups excluding carboxylic acids is 1. The van der Waals surface area contributed by atoms with E-state index in [1.54, 1.807) is 0 Å². The van der Waals surface area contributed by atoms with Gasteiger partial charge < -0.3 is 16.2 Å². The Morgan fingerprint density at radius 2 is 2.17 bits per heavy atom. The van der Waals surface area contributed by atoms with Crippen LogP contribution in [0.15, 0.2) is 23.6 Å². The molecule has 2 aromatic rings. The molecule has 1 amide bonds. The number of nitrogens with zero attached hydrogens (tertiary/aromatic N) is 2. The summed E-state index contributed by atoms with van der Waals surface area (Å²) in [7, 11) is 0. The summed E-state index contributed by atoms with van der Waals surface area (Å²) in [5.74, 6) is -1.69. The van der Waals surface area contributed by atoms with Crippen molar-refractivity contribution >= 4 is 34.8 Å². The monoisotopic (exact) mass is 264 g/mol. The Bertz CT molecular complexity index is 597. The molecule has 0 aliphatic carbocycles. The lowest BCUT2D eigenvalue weighted by Gasteiger charge is -2.07. The molecule has 0 aliphatic rings. The van der Waals surface area contributed by atoms with Gasteiger partial charge in [-0.25, -0.2) is 4.79 Å². The van der Waals surface area contributed by atoms with Crippen molar-refractivity contribution < 1.29 is 14.7 Å². The third-order valence-corrected chi connectivity index (χ3v) is 2.62. The highest BCUT2D eigenvalue weighted by Crippen LogP contribution is 2.19. The van der Waals surface area contributed by atoms with E-state index in [4.69, 9.17) is 10.8 Å². The fourth-order valence-corrected chi connectivity index (χ4v) is 1.73. The lowest BCUT2D eigenvalue weighted by molar-refractivity contribution is 0.0698. The molecule has 2 rings (SSSR count). The molecule has 0 saturated heterocycles. The molecule has 0 bridgehead atoms. The normalized spacial score (nSPS) is 10.0. The van der Waals surface area contributed by atoms with E-state index < -0.39 is 11.9 Å². The van der Waals surface area contributed by atoms with Gasteiger partial charge in [-0.3, -0.25) is 4.79 Å². The molecule has 7 nitrogen and oxygen atoms in total. The summed E-state index contributed by atoms with van der Waals surface area (Å²) in [5, 5.41) is 16.5. The molecule has 0 fully saturated rings. The van der Waals surface area contributed by atoms with E-state index in [-0.39, 0.29) is 16.9 Å². The van der Waals surface area contributed by atoms with E-state index in [1.165, 1.54) is 23.6 Å². The number of nitrogen functional groups attached to an aromatic ring is 1. The molecule has 18 heavy (non-hydrogen) atoms. The molecule has 0 saturated carbocycles. The summed E-state index contributed by atoms with van der Waals surface area (Å²) >= 11 is 1.03. The van der Waals surface area contributed by atoms with Gasteiger partial charge in [0.25, 0.3) is 5.91 Å². The van der Waals surface area contributed by atoms with Crippen LogP contribution >= 0.6 is 11.5 Å². The molecule has 1 aromatic heterocycles. The van der Waals surface area contributed by atoms with Crippen LogP contribution in [0.25, 0.3) is 0 Å². The number of carboxylic acids is 1. The highest BCUT2D eigenvalue weighted by atomic mass is 32.1. The standard InChI is InChI=1S/C10H8N4O3S/c11-5-1-2-7(6(3-5)10(16)17)12-9(15)8-4-18-14-13-8/h1-4H,11H2,(H,12,15)(H,16,17). The maximum absolute atomic E-state index is 11.7. The fraction of sp³-hybridized carbons (Fsp3) is 0. The van der Waals surface area contributed by atoms with Gasteiger partial charge in [-0.05, 0) is 29.7 Å². The summed E-state index contributed by atoms with van der Waals surface area (Å²) in [6.07, 6.45) is 0. The largest absolute Gasteiger partial charge is 0.478 e. The van der Waals surface area contributed by atoms with Crippen LogP contribution in [0, 0.1) is 0 Å². The average Bonchev–Trinajstić information content (AvgIpc) is 2.84. The number of hydrogen-bond donors (Lipinski definition) is 3. The van der Waals surface area contributed by atoms with Crippen LogP contribution in [0.2, 0.25) is 0 Å². The van der Waals surface area contributed by atoms with Crippen LogP contribution in [0.1, 0.15) is 20.8 Å². The van der Waals surface area contributed by atoms with Crippen molar-refractivity contribution in [2.45, 2.75) is 0 Å². The van der Waals surface area contributed by atoms with Crippen LogP contribution < -0.4 is 11.1 Å². The minimum absolute atomic E-state index is 0.0773. The second-order valence-electron chi connectivity index (χ2n) is 3.35. The van der Waals surface area contributed by atoms with Gasteiger partial charge in [0.2, 0.25) is 0 Å². The number of hydrogen-bond acceptors (Lipinski definition) is 6. The van der Waals surface area contributed by atoms with Crippen molar-refractivity contribution in [3.63, 3.8) is 0 Å². The number of aromatic nitrogens is 2. The molecular weight excluding hydrogens is 256 g/mol. The van der Waals surface area contributed by atoms with Crippen molar-refractivity contribution in [3.8, 4) is 0 Å². The van der Waals surface area contributed by atoms with E-state index in [9.17, 15) is 9.59 Å². The number of aromatic carboxylic acids is 1. The number of anilines is 2. The molecular formula is C10H8N4O3S. The number of rotatable bonds is 3. The van der Waals surface area contributed by atoms with Gasteiger partial charge in [0.1, 0.15) is 0 Å². The van der Waals surface area contributed by atoms with E-state index in [2.05, 4.69) is 14.9 Å². The Kier molecular flexibility index (Phi) is 3.20. The first kappa shape index (κ1) is 12.0. The summed E-state index contributed by atoms with van der Waals surface area (Å²) in [6, 6.07) is 4.20. The summed E-state index contributed by atoms with van der Waals surface area (Å²) in [6.45, 7) is 0. The fourth-order valence-electron chi connectivity index (χ4n) is 1.30. The number of carboxylic acid groups (broad SMARTS) is 1. The van der Waals surface area contributed by atoms with E-state index in [0.717, 1.165) is 11.5 Å². The minimum Gasteiger partial charge on any atom is -0.478 e. The number of nitrogens with two attached hydrogens (primary N) is 1. The molecule has 8 heteroatoms. The van der Waals surface area contributed by atoms with Crippen LogP contribution in [0.4, 0.5) is 11.4 Å². The first-order chi connectivity index (χ1) is 8.58. The Morgan fingerprint density at radius 3 is 2.78 bits per heavy atom. The molecule has 0 atom stereocenters. The first-order valence-corrected chi connectivity index (χ1v) is 5.63. The van der Waals surface area contributed by atoms with E-state index in [0.29, 0.717) is 5.69 Å². The zero-order chi connectivity index (χ0) is 13.1. The molecule has 1 aromatic carbocycles. The second kappa shape index (κ2) is 4.80. The molecule has 0 unspecified atom stereocenters. The average molecular weight is 264 g/mol. The Labute approximate surface area is 105 Å². The summed E-state index contributed by atoms with van der Waals surface area (Å²) in [4.78, 5) is 22.7. The van der Waals surface area contributed by atoms with Crippen LogP contribution in [-0.2, 0) is 0 Å². The van der Waals surface area contributed by atoms with E-state index >= 15 is 0 Å². The van der Waals surface area contributed by atoms with Gasteiger partial charge in [0, 0.05) is 11.1 Å². The summed E-state index contributed by atoms with van der Waals surface area (Å²) in [5.41, 5.74) is 6.02. The predicted octanol–water partition coefficient (Wildman–Crippen LogP) is 1.07. The third kappa shape index (κ3) is 2.43. The smallest absolute Gasteiger partial charge is 0.337 e. The van der Waals surface area contributed by atoms with Crippen molar-refractivity contribution in [3.05, 3.63) is 34.8 Å². The van der Waals surface area contributed by atoms with Gasteiger partial charge in [-0.1, -0.05) is 4.49 Å². The number of nitrogens with one attached hydrogen (secondary N) is 1. The number of benzene rings is 1. The molecule has 0 aliphatic heterocycles. The lowest BCUT2D eigenvalue weighted by Crippen LogP contribution is -2.15. The number of amides is 1. The Morgan fingerprint density at radius 1 is 1.39 bits per heavy atom.